The zero-order chi connectivity index (χ0) is 47.4. The van der Waals surface area contributed by atoms with Gasteiger partial charge in [0.05, 0.1) is 4.88 Å². The molecule has 11 aromatic rings. The summed E-state index contributed by atoms with van der Waals surface area (Å²) in [6.45, 7) is 0. The van der Waals surface area contributed by atoms with Crippen LogP contribution in [0.2, 0.25) is 0 Å². The molecule has 5 nitrogen and oxygen atoms in total. The highest BCUT2D eigenvalue weighted by atomic mass is 32.1. The number of anilines is 6. The summed E-state index contributed by atoms with van der Waals surface area (Å²) in [5, 5.41) is 21.0. The first-order chi connectivity index (χ1) is 34.5. The van der Waals surface area contributed by atoms with Crippen molar-refractivity contribution >= 4 is 103 Å². The fourth-order valence-electron chi connectivity index (χ4n) is 8.35. The van der Waals surface area contributed by atoms with Crippen LogP contribution in [0.1, 0.15) is 4.88 Å². The molecule has 11 rings (SSSR count). The van der Waals surface area contributed by atoms with Crippen LogP contribution >= 0.6 is 56.7 Å². The van der Waals surface area contributed by atoms with E-state index in [1.165, 1.54) is 52.9 Å². The van der Waals surface area contributed by atoms with Crippen LogP contribution in [-0.4, -0.2) is 11.1 Å². The van der Waals surface area contributed by atoms with E-state index < -0.39 is 5.97 Å². The van der Waals surface area contributed by atoms with Gasteiger partial charge in [0.25, 0.3) is 0 Å². The van der Waals surface area contributed by atoms with E-state index in [0.29, 0.717) is 0 Å². The van der Waals surface area contributed by atoms with Crippen molar-refractivity contribution in [1.82, 2.24) is 0 Å². The minimum absolute atomic E-state index is 0.281. The molecule has 0 unspecified atom stereocenters. The van der Waals surface area contributed by atoms with E-state index in [4.69, 9.17) is 0 Å². The molecule has 0 radical (unpaired) electrons. The number of hydrogen-bond donors (Lipinski definition) is 1. The molecule has 0 amide bonds. The first-order valence-electron chi connectivity index (χ1n) is 22.4. The summed E-state index contributed by atoms with van der Waals surface area (Å²) in [4.78, 5) is 26.1. The van der Waals surface area contributed by atoms with E-state index in [-0.39, 0.29) is 5.57 Å². The molecular formula is C60H39N3O2S5. The van der Waals surface area contributed by atoms with Gasteiger partial charge in [-0.1, -0.05) is 97.1 Å². The highest BCUT2D eigenvalue weighted by Gasteiger charge is 2.21. The van der Waals surface area contributed by atoms with E-state index in [9.17, 15) is 15.2 Å². The molecule has 0 atom stereocenters. The molecule has 336 valence electrons. The molecule has 0 aliphatic heterocycles. The lowest BCUT2D eigenvalue weighted by Gasteiger charge is -2.25. The van der Waals surface area contributed by atoms with Crippen molar-refractivity contribution in [2.45, 2.75) is 0 Å². The Kier molecular flexibility index (Phi) is 12.7. The molecule has 0 fully saturated rings. The smallest absolute Gasteiger partial charge is 0.346 e. The van der Waals surface area contributed by atoms with E-state index in [1.807, 2.05) is 59.1 Å². The quantitative estimate of drug-likeness (QED) is 0.0868. The van der Waals surface area contributed by atoms with Crippen LogP contribution in [0.5, 0.6) is 0 Å². The largest absolute Gasteiger partial charge is 0.477 e. The average molecular weight is 994 g/mol. The highest BCUT2D eigenvalue weighted by molar-refractivity contribution is 7.29. The van der Waals surface area contributed by atoms with E-state index >= 15 is 0 Å². The van der Waals surface area contributed by atoms with E-state index in [1.54, 1.807) is 28.7 Å². The Hall–Kier alpha value is -7.88. The average Bonchev–Trinajstić information content (AvgIpc) is 4.28. The maximum atomic E-state index is 11.5. The Labute approximate surface area is 426 Å². The van der Waals surface area contributed by atoms with Crippen molar-refractivity contribution in [3.63, 3.8) is 0 Å². The second-order valence-electron chi connectivity index (χ2n) is 16.2. The fourth-order valence-corrected chi connectivity index (χ4v) is 13.8. The lowest BCUT2D eigenvalue weighted by molar-refractivity contribution is -0.132. The van der Waals surface area contributed by atoms with Crippen molar-refractivity contribution in [2.24, 2.45) is 0 Å². The van der Waals surface area contributed by atoms with E-state index in [2.05, 4.69) is 197 Å². The Morgan fingerprint density at radius 3 is 1.40 bits per heavy atom. The zero-order valence-corrected chi connectivity index (χ0v) is 41.3. The summed E-state index contributed by atoms with van der Waals surface area (Å²) in [5.74, 6) is -1.23. The van der Waals surface area contributed by atoms with Crippen LogP contribution < -0.4 is 9.80 Å². The van der Waals surface area contributed by atoms with Crippen LogP contribution in [0.15, 0.2) is 229 Å². The molecule has 5 aromatic heterocycles. The topological polar surface area (TPSA) is 67.6 Å². The number of benzene rings is 6. The Bertz CT molecular complexity index is 3380. The maximum absolute atomic E-state index is 11.5. The SMILES string of the molecule is N#C/C(=C/c1ccc(-c2ccc(-c3cc(-c4ccc(-c5ccc(N(c6ccccc6)c6ccccc6)cc5)s4)c(-c4cc(-c5ccc(N(c6ccccc6)c6ccccc6)cc5)cs4)s3)s2)s1)C(=O)O. The van der Waals surface area contributed by atoms with Gasteiger partial charge in [-0.3, -0.25) is 0 Å². The molecule has 6 aromatic carbocycles. The van der Waals surface area contributed by atoms with Crippen molar-refractivity contribution < 1.29 is 9.90 Å². The fraction of sp³-hybridized carbons (Fsp3) is 0. The number of aliphatic carboxylic acids is 1. The molecule has 0 spiro atoms. The molecule has 0 aliphatic carbocycles. The number of nitriles is 1. The maximum Gasteiger partial charge on any atom is 0.346 e. The van der Waals surface area contributed by atoms with Gasteiger partial charge in [-0.05, 0) is 149 Å². The van der Waals surface area contributed by atoms with Gasteiger partial charge in [-0.15, -0.1) is 56.7 Å². The number of para-hydroxylation sites is 4. The standard InChI is InChI=1S/C60H39N3O2S5/c61-38-42(60(64)65)35-50-29-30-54(67-50)55-33-34-56(69-55)57-37-51(53-32-31-52(68-53)41-23-27-49(28-24-41)63(46-17-9-3-10-18-46)47-19-11-4-12-20-47)59(70-57)58-36-43(39-66-58)40-21-25-48(26-22-40)62(44-13-5-1-6-14-44)45-15-7-2-8-16-45/h1-37,39H,(H,64,65)/b42-35-. The predicted octanol–water partition coefficient (Wildman–Crippen LogP) is 18.9. The minimum Gasteiger partial charge on any atom is -0.477 e. The van der Waals surface area contributed by atoms with Gasteiger partial charge < -0.3 is 14.9 Å². The van der Waals surface area contributed by atoms with Gasteiger partial charge in [0.15, 0.2) is 0 Å². The zero-order valence-electron chi connectivity index (χ0n) is 37.2. The van der Waals surface area contributed by atoms with Gasteiger partial charge in [0.2, 0.25) is 0 Å². The van der Waals surface area contributed by atoms with Crippen LogP contribution in [0.3, 0.4) is 0 Å². The molecule has 0 bridgehead atoms. The van der Waals surface area contributed by atoms with Crippen molar-refractivity contribution in [3.8, 4) is 67.3 Å². The number of carbonyl (C=O) groups is 1. The van der Waals surface area contributed by atoms with Gasteiger partial charge in [-0.2, -0.15) is 5.26 Å². The first-order valence-corrected chi connectivity index (χ1v) is 26.5. The number of rotatable bonds is 14. The van der Waals surface area contributed by atoms with Crippen molar-refractivity contribution in [2.75, 3.05) is 9.80 Å². The summed E-state index contributed by atoms with van der Waals surface area (Å²) in [5.41, 5.74) is 11.0. The summed E-state index contributed by atoms with van der Waals surface area (Å²) >= 11 is 8.59. The lowest BCUT2D eigenvalue weighted by atomic mass is 10.1. The molecule has 5 heterocycles. The van der Waals surface area contributed by atoms with Crippen molar-refractivity contribution in [1.29, 1.82) is 5.26 Å². The van der Waals surface area contributed by atoms with Crippen LogP contribution in [-0.2, 0) is 4.79 Å². The van der Waals surface area contributed by atoms with Gasteiger partial charge in [0.1, 0.15) is 11.6 Å². The van der Waals surface area contributed by atoms with Gasteiger partial charge in [-0.25, -0.2) is 4.79 Å². The van der Waals surface area contributed by atoms with Crippen LogP contribution in [0, 0.1) is 11.3 Å². The van der Waals surface area contributed by atoms with Crippen LogP contribution in [0.25, 0.3) is 67.3 Å². The second-order valence-corrected chi connectivity index (χ2v) is 21.4. The normalized spacial score (nSPS) is 11.3. The minimum atomic E-state index is -1.23. The van der Waals surface area contributed by atoms with Crippen molar-refractivity contribution in [3.05, 3.63) is 234 Å². The third-order valence-corrected chi connectivity index (χ3v) is 17.6. The monoisotopic (exact) mass is 993 g/mol. The second kappa shape index (κ2) is 20.0. The molecule has 10 heteroatoms. The first kappa shape index (κ1) is 44.6. The molecule has 70 heavy (non-hydrogen) atoms. The van der Waals surface area contributed by atoms with E-state index in [0.717, 1.165) is 64.8 Å². The lowest BCUT2D eigenvalue weighted by Crippen LogP contribution is -2.09. The third kappa shape index (κ3) is 9.32. The Balaban J connectivity index is 0.930. The number of thiophene rings is 5. The molecule has 0 saturated carbocycles. The molecule has 1 N–H and O–H groups in total. The number of carboxylic acid groups (broad SMARTS) is 1. The predicted molar refractivity (Wildman–Crippen MR) is 299 cm³/mol. The number of hydrogen-bond acceptors (Lipinski definition) is 9. The molecule has 0 aliphatic rings. The van der Waals surface area contributed by atoms with Crippen LogP contribution in [0.4, 0.5) is 34.1 Å². The Morgan fingerprint density at radius 1 is 0.429 bits per heavy atom. The third-order valence-electron chi connectivity index (χ3n) is 11.7. The number of nitrogens with zero attached hydrogens (tertiary/aromatic N) is 3. The summed E-state index contributed by atoms with van der Waals surface area (Å²) in [7, 11) is 0. The Morgan fingerprint density at radius 2 is 0.871 bits per heavy atom. The van der Waals surface area contributed by atoms with Gasteiger partial charge >= 0.3 is 5.97 Å². The number of carboxylic acids is 1. The highest BCUT2D eigenvalue weighted by Crippen LogP contribution is 2.51. The molecule has 0 saturated heterocycles. The summed E-state index contributed by atoms with van der Waals surface area (Å²) < 4.78 is 0. The van der Waals surface area contributed by atoms with Gasteiger partial charge in [0, 0.05) is 78.7 Å². The summed E-state index contributed by atoms with van der Waals surface area (Å²) in [6.07, 6.45) is 1.43. The molecular weight excluding hydrogens is 955 g/mol. The summed E-state index contributed by atoms with van der Waals surface area (Å²) in [6, 6.07) is 78.8.